The van der Waals surface area contributed by atoms with E-state index in [0.29, 0.717) is 17.3 Å². The number of carbonyl (C=O) groups is 1. The molecule has 0 spiro atoms. The first-order chi connectivity index (χ1) is 15.6. The number of hydrogen-bond donors (Lipinski definition) is 2. The van der Waals surface area contributed by atoms with Gasteiger partial charge in [-0.15, -0.1) is 0 Å². The number of nitrogens with zero attached hydrogens (tertiary/aromatic N) is 4. The van der Waals surface area contributed by atoms with Crippen LogP contribution in [0, 0.1) is 0 Å². The van der Waals surface area contributed by atoms with Gasteiger partial charge in [-0.1, -0.05) is 12.8 Å². The molecule has 8 heteroatoms. The van der Waals surface area contributed by atoms with Crippen LogP contribution in [0.5, 0.6) is 5.75 Å². The van der Waals surface area contributed by atoms with Gasteiger partial charge in [-0.3, -0.25) is 9.78 Å². The van der Waals surface area contributed by atoms with Crippen LogP contribution < -0.4 is 15.0 Å². The van der Waals surface area contributed by atoms with Crippen LogP contribution in [-0.2, 0) is 17.6 Å². The zero-order valence-corrected chi connectivity index (χ0v) is 20.1. The average molecular weight is 454 g/mol. The minimum absolute atomic E-state index is 0.0460. The zero-order chi connectivity index (χ0) is 23.6. The van der Waals surface area contributed by atoms with E-state index in [1.165, 1.54) is 0 Å². The van der Waals surface area contributed by atoms with E-state index in [2.05, 4.69) is 10.3 Å². The van der Waals surface area contributed by atoms with Crippen LogP contribution in [0.1, 0.15) is 64.1 Å². The Morgan fingerprint density at radius 1 is 1.21 bits per heavy atom. The van der Waals surface area contributed by atoms with Gasteiger partial charge in [0.25, 0.3) is 0 Å². The Bertz CT molecular complexity index is 1010. The highest BCUT2D eigenvalue weighted by atomic mass is 16.5. The number of aromatic nitrogens is 3. The molecule has 2 N–H and O–H groups in total. The second-order valence-electron chi connectivity index (χ2n) is 10.4. The number of aryl methyl sites for hydroxylation is 1. The molecule has 178 valence electrons. The summed E-state index contributed by atoms with van der Waals surface area (Å²) < 4.78 is 5.92. The quantitative estimate of drug-likeness (QED) is 0.664. The fraction of sp³-hybridized carbons (Fsp3) is 0.600. The summed E-state index contributed by atoms with van der Waals surface area (Å²) >= 11 is 0. The fourth-order valence-corrected chi connectivity index (χ4v) is 4.61. The van der Waals surface area contributed by atoms with E-state index < -0.39 is 5.60 Å². The zero-order valence-electron chi connectivity index (χ0n) is 20.1. The molecule has 0 saturated heterocycles. The van der Waals surface area contributed by atoms with Crippen molar-refractivity contribution in [3.05, 3.63) is 29.6 Å². The normalized spacial score (nSPS) is 17.0. The summed E-state index contributed by atoms with van der Waals surface area (Å²) in [5, 5.41) is 13.6. The van der Waals surface area contributed by atoms with Crippen molar-refractivity contribution in [2.24, 2.45) is 0 Å². The van der Waals surface area contributed by atoms with Crippen LogP contribution in [0.4, 0.5) is 5.82 Å². The molecule has 8 nitrogen and oxygen atoms in total. The molecular formula is C25H35N5O3. The van der Waals surface area contributed by atoms with Gasteiger partial charge in [-0.25, -0.2) is 9.97 Å². The van der Waals surface area contributed by atoms with E-state index in [9.17, 15) is 9.90 Å². The summed E-state index contributed by atoms with van der Waals surface area (Å²) in [4.78, 5) is 28.5. The van der Waals surface area contributed by atoms with Crippen molar-refractivity contribution in [2.75, 3.05) is 25.1 Å². The summed E-state index contributed by atoms with van der Waals surface area (Å²) in [6.07, 6.45) is 8.13. The number of likely N-dealkylation sites (N-methyl/N-ethyl adjacent to an activating group) is 1. The highest BCUT2D eigenvalue weighted by molar-refractivity contribution is 5.82. The molecule has 2 aliphatic carbocycles. The topological polar surface area (TPSA) is 100 Å². The second-order valence-corrected chi connectivity index (χ2v) is 10.4. The molecule has 1 fully saturated rings. The maximum absolute atomic E-state index is 12.5. The number of ether oxygens (including phenoxy) is 1. The second kappa shape index (κ2) is 9.25. The maximum atomic E-state index is 12.5. The Balaban J connectivity index is 1.55. The van der Waals surface area contributed by atoms with Gasteiger partial charge in [0.1, 0.15) is 23.9 Å². The van der Waals surface area contributed by atoms with Gasteiger partial charge in [0.05, 0.1) is 12.1 Å². The molecular weight excluding hydrogens is 418 g/mol. The molecule has 2 aromatic rings. The van der Waals surface area contributed by atoms with Gasteiger partial charge < -0.3 is 20.1 Å². The van der Waals surface area contributed by atoms with E-state index >= 15 is 0 Å². The molecule has 33 heavy (non-hydrogen) atoms. The standard InChI is InChI=1S/C25H35N5O3/c1-24(2,3)29-21(31)15-30(4)23-18-8-7-9-19(18)27-22(28-23)20-14-17(10-13-26-20)33-16-25(32)11-5-6-12-25/h10,13-14,32H,5-9,11-12,15-16H2,1-4H3,(H,29,31). The Kier molecular flexibility index (Phi) is 6.56. The van der Waals surface area contributed by atoms with Crippen LogP contribution in [0.2, 0.25) is 0 Å². The molecule has 1 saturated carbocycles. The van der Waals surface area contributed by atoms with Gasteiger partial charge in [-0.2, -0.15) is 0 Å². The summed E-state index contributed by atoms with van der Waals surface area (Å²) in [6.45, 7) is 6.40. The lowest BCUT2D eigenvalue weighted by molar-refractivity contribution is -0.121. The van der Waals surface area contributed by atoms with Crippen LogP contribution in [0.25, 0.3) is 11.5 Å². The van der Waals surface area contributed by atoms with Crippen LogP contribution in [0.3, 0.4) is 0 Å². The van der Waals surface area contributed by atoms with Crippen molar-refractivity contribution in [2.45, 2.75) is 76.9 Å². The third-order valence-corrected chi connectivity index (χ3v) is 6.17. The highest BCUT2D eigenvalue weighted by Crippen LogP contribution is 2.32. The Hall–Kier alpha value is -2.74. The van der Waals surface area contributed by atoms with Crippen LogP contribution >= 0.6 is 0 Å². The first kappa shape index (κ1) is 23.4. The SMILES string of the molecule is CN(CC(=O)NC(C)(C)C)c1nc(-c2cc(OCC3(O)CCCC3)ccn2)nc2c1CCC2. The lowest BCUT2D eigenvalue weighted by Crippen LogP contribution is -2.45. The van der Waals surface area contributed by atoms with Crippen LogP contribution in [-0.4, -0.2) is 57.3 Å². The molecule has 2 aromatic heterocycles. The number of fused-ring (bicyclic) bond motifs is 1. The number of hydrogen-bond acceptors (Lipinski definition) is 7. The molecule has 0 atom stereocenters. The Morgan fingerprint density at radius 2 is 1.97 bits per heavy atom. The molecule has 2 heterocycles. The molecule has 0 radical (unpaired) electrons. The third-order valence-electron chi connectivity index (χ3n) is 6.17. The van der Waals surface area contributed by atoms with Crippen molar-refractivity contribution in [3.8, 4) is 17.3 Å². The Labute approximate surface area is 195 Å². The molecule has 0 aliphatic heterocycles. The maximum Gasteiger partial charge on any atom is 0.239 e. The minimum atomic E-state index is -0.739. The fourth-order valence-electron chi connectivity index (χ4n) is 4.61. The smallest absolute Gasteiger partial charge is 0.239 e. The minimum Gasteiger partial charge on any atom is -0.490 e. The van der Waals surface area contributed by atoms with Crippen molar-refractivity contribution >= 4 is 11.7 Å². The van der Waals surface area contributed by atoms with Crippen molar-refractivity contribution in [1.82, 2.24) is 20.3 Å². The molecule has 0 bridgehead atoms. The predicted molar refractivity (Wildman–Crippen MR) is 127 cm³/mol. The first-order valence-electron chi connectivity index (χ1n) is 11.9. The van der Waals surface area contributed by atoms with Crippen LogP contribution in [0.15, 0.2) is 18.3 Å². The molecule has 1 amide bonds. The lowest BCUT2D eigenvalue weighted by atomic mass is 10.0. The lowest BCUT2D eigenvalue weighted by Gasteiger charge is -2.25. The van der Waals surface area contributed by atoms with Gasteiger partial charge in [0.2, 0.25) is 5.91 Å². The number of nitrogens with one attached hydrogen (secondary N) is 1. The van der Waals surface area contributed by atoms with E-state index in [1.54, 1.807) is 12.3 Å². The van der Waals surface area contributed by atoms with Gasteiger partial charge >= 0.3 is 0 Å². The predicted octanol–water partition coefficient (Wildman–Crippen LogP) is 3.06. The monoisotopic (exact) mass is 453 g/mol. The first-order valence-corrected chi connectivity index (χ1v) is 11.9. The Morgan fingerprint density at radius 3 is 2.70 bits per heavy atom. The summed E-state index contributed by atoms with van der Waals surface area (Å²) in [7, 11) is 1.89. The van der Waals surface area contributed by atoms with Gasteiger partial charge in [0, 0.05) is 36.1 Å². The molecule has 0 unspecified atom stereocenters. The van der Waals surface area contributed by atoms with E-state index in [-0.39, 0.29) is 24.6 Å². The number of anilines is 1. The summed E-state index contributed by atoms with van der Waals surface area (Å²) in [5.41, 5.74) is 1.73. The van der Waals surface area contributed by atoms with Gasteiger partial charge in [0.15, 0.2) is 5.82 Å². The summed E-state index contributed by atoms with van der Waals surface area (Å²) in [5.74, 6) is 1.91. The van der Waals surface area contributed by atoms with Gasteiger partial charge in [-0.05, 0) is 58.9 Å². The highest BCUT2D eigenvalue weighted by Gasteiger charge is 2.32. The van der Waals surface area contributed by atoms with Crippen molar-refractivity contribution in [3.63, 3.8) is 0 Å². The van der Waals surface area contributed by atoms with Crippen molar-refractivity contribution in [1.29, 1.82) is 0 Å². The largest absolute Gasteiger partial charge is 0.490 e. The number of amides is 1. The number of aliphatic hydroxyl groups is 1. The average Bonchev–Trinajstić information content (AvgIpc) is 3.39. The van der Waals surface area contributed by atoms with Crippen molar-refractivity contribution < 1.29 is 14.6 Å². The third kappa shape index (κ3) is 5.79. The molecule has 4 rings (SSSR count). The molecule has 0 aromatic carbocycles. The van der Waals surface area contributed by atoms with E-state index in [0.717, 1.165) is 62.0 Å². The number of pyridine rings is 1. The summed E-state index contributed by atoms with van der Waals surface area (Å²) in [6, 6.07) is 3.62. The number of carbonyl (C=O) groups excluding carboxylic acids is 1. The molecule has 2 aliphatic rings. The van der Waals surface area contributed by atoms with E-state index in [1.807, 2.05) is 38.8 Å². The number of rotatable bonds is 7. The van der Waals surface area contributed by atoms with E-state index in [4.69, 9.17) is 14.7 Å².